The smallest absolute Gasteiger partial charge is 0.339 e. The number of carbonyl (C=O) groups excluding carboxylic acids is 2. The molecule has 1 aliphatic carbocycles. The fourth-order valence-corrected chi connectivity index (χ4v) is 4.59. The van der Waals surface area contributed by atoms with Crippen LogP contribution in [0.4, 0.5) is 0 Å². The van der Waals surface area contributed by atoms with Crippen LogP contribution in [0, 0.1) is 5.92 Å². The molecule has 1 atom stereocenters. The number of benzene rings is 1. The molecule has 6 heteroatoms. The van der Waals surface area contributed by atoms with Gasteiger partial charge in [0.25, 0.3) is 5.91 Å². The molecule has 0 saturated heterocycles. The maximum absolute atomic E-state index is 13.1. The van der Waals surface area contributed by atoms with Crippen molar-refractivity contribution in [1.29, 1.82) is 0 Å². The van der Waals surface area contributed by atoms with Gasteiger partial charge in [-0.2, -0.15) is 0 Å². The van der Waals surface area contributed by atoms with E-state index < -0.39 is 5.97 Å². The maximum atomic E-state index is 13.1. The van der Waals surface area contributed by atoms with Crippen molar-refractivity contribution in [1.82, 2.24) is 9.88 Å². The Bertz CT molecular complexity index is 1050. The Morgan fingerprint density at radius 2 is 2.07 bits per heavy atom. The van der Waals surface area contributed by atoms with Gasteiger partial charge in [0, 0.05) is 23.0 Å². The van der Waals surface area contributed by atoms with Gasteiger partial charge in [0.05, 0.1) is 17.6 Å². The van der Waals surface area contributed by atoms with Gasteiger partial charge in [0.15, 0.2) is 6.61 Å². The zero-order chi connectivity index (χ0) is 20.4. The largest absolute Gasteiger partial charge is 0.452 e. The molecule has 29 heavy (non-hydrogen) atoms. The molecule has 1 aliphatic rings. The van der Waals surface area contributed by atoms with Crippen LogP contribution in [0.5, 0.6) is 0 Å². The first kappa shape index (κ1) is 19.6. The number of rotatable bonds is 5. The second-order valence-electron chi connectivity index (χ2n) is 7.68. The Balaban J connectivity index is 1.55. The van der Waals surface area contributed by atoms with Crippen molar-refractivity contribution >= 4 is 34.1 Å². The van der Waals surface area contributed by atoms with E-state index in [9.17, 15) is 9.59 Å². The van der Waals surface area contributed by atoms with E-state index in [1.165, 1.54) is 0 Å². The second-order valence-corrected chi connectivity index (χ2v) is 8.71. The van der Waals surface area contributed by atoms with Crippen LogP contribution in [0.2, 0.25) is 0 Å². The van der Waals surface area contributed by atoms with E-state index in [0.717, 1.165) is 46.3 Å². The first-order valence-corrected chi connectivity index (χ1v) is 10.7. The summed E-state index contributed by atoms with van der Waals surface area (Å²) in [5, 5.41) is 2.77. The standard InChI is InChI=1S/C23H24N2O3S/c1-15-9-10-20-18(12-15)22(17-7-3-4-8-19(17)24-20)23(27)28-14-21(26)25(2)13-16-6-5-11-29-16/h3-8,11,15H,9-10,12-14H2,1-2H3/t15-/m0/s1. The minimum absolute atomic E-state index is 0.215. The van der Waals surface area contributed by atoms with Gasteiger partial charge in [-0.15, -0.1) is 11.3 Å². The molecule has 4 rings (SSSR count). The first-order chi connectivity index (χ1) is 14.0. The monoisotopic (exact) mass is 408 g/mol. The average molecular weight is 409 g/mol. The van der Waals surface area contributed by atoms with E-state index in [1.807, 2.05) is 41.8 Å². The number of esters is 1. The average Bonchev–Trinajstić information content (AvgIpc) is 3.23. The van der Waals surface area contributed by atoms with Gasteiger partial charge < -0.3 is 9.64 Å². The zero-order valence-corrected chi connectivity index (χ0v) is 17.5. The van der Waals surface area contributed by atoms with E-state index in [-0.39, 0.29) is 12.5 Å². The van der Waals surface area contributed by atoms with Crippen LogP contribution in [-0.4, -0.2) is 35.4 Å². The molecule has 0 radical (unpaired) electrons. The lowest BCUT2D eigenvalue weighted by atomic mass is 9.84. The fourth-order valence-electron chi connectivity index (χ4n) is 3.83. The third-order valence-corrected chi connectivity index (χ3v) is 6.30. The lowest BCUT2D eigenvalue weighted by Crippen LogP contribution is -2.31. The van der Waals surface area contributed by atoms with Crippen molar-refractivity contribution in [3.8, 4) is 0 Å². The van der Waals surface area contributed by atoms with Gasteiger partial charge in [-0.25, -0.2) is 4.79 Å². The summed E-state index contributed by atoms with van der Waals surface area (Å²) in [6.07, 6.45) is 2.74. The Hall–Kier alpha value is -2.73. The molecule has 0 N–H and O–H groups in total. The Morgan fingerprint density at radius 3 is 2.86 bits per heavy atom. The van der Waals surface area contributed by atoms with Crippen LogP contribution in [0.25, 0.3) is 10.9 Å². The molecular weight excluding hydrogens is 384 g/mol. The van der Waals surface area contributed by atoms with Crippen LogP contribution in [0.3, 0.4) is 0 Å². The highest BCUT2D eigenvalue weighted by molar-refractivity contribution is 7.09. The van der Waals surface area contributed by atoms with Gasteiger partial charge in [0.1, 0.15) is 0 Å². The summed E-state index contributed by atoms with van der Waals surface area (Å²) >= 11 is 1.60. The molecule has 0 unspecified atom stereocenters. The summed E-state index contributed by atoms with van der Waals surface area (Å²) in [4.78, 5) is 33.0. The molecule has 2 heterocycles. The van der Waals surface area contributed by atoms with Crippen molar-refractivity contribution < 1.29 is 14.3 Å². The number of hydrogen-bond donors (Lipinski definition) is 0. The number of thiophene rings is 1. The van der Waals surface area contributed by atoms with E-state index in [4.69, 9.17) is 9.72 Å². The molecule has 0 saturated carbocycles. The lowest BCUT2D eigenvalue weighted by Gasteiger charge is -2.24. The molecule has 3 aromatic rings. The highest BCUT2D eigenvalue weighted by Gasteiger charge is 2.26. The number of hydrogen-bond acceptors (Lipinski definition) is 5. The number of nitrogens with zero attached hydrogens (tertiary/aromatic N) is 2. The number of carbonyl (C=O) groups is 2. The summed E-state index contributed by atoms with van der Waals surface area (Å²) in [6, 6.07) is 11.6. The Kier molecular flexibility index (Phi) is 5.62. The lowest BCUT2D eigenvalue weighted by molar-refractivity contribution is -0.133. The molecule has 1 amide bonds. The predicted molar refractivity (Wildman–Crippen MR) is 114 cm³/mol. The first-order valence-electron chi connectivity index (χ1n) is 9.87. The van der Waals surface area contributed by atoms with Gasteiger partial charge in [-0.05, 0) is 48.3 Å². The molecule has 1 aromatic carbocycles. The third-order valence-electron chi connectivity index (χ3n) is 5.44. The van der Waals surface area contributed by atoms with Gasteiger partial charge >= 0.3 is 5.97 Å². The molecule has 0 aliphatic heterocycles. The van der Waals surface area contributed by atoms with E-state index in [2.05, 4.69) is 6.92 Å². The summed E-state index contributed by atoms with van der Waals surface area (Å²) in [5.74, 6) is -0.158. The molecular formula is C23H24N2O3S. The molecule has 150 valence electrons. The van der Waals surface area contributed by atoms with Gasteiger partial charge in [-0.3, -0.25) is 9.78 Å². The number of likely N-dealkylation sites (N-methyl/N-ethyl adjacent to an activating group) is 1. The Morgan fingerprint density at radius 1 is 1.24 bits per heavy atom. The van der Waals surface area contributed by atoms with Gasteiger partial charge in [-0.1, -0.05) is 31.2 Å². The number of para-hydroxylation sites is 1. The highest BCUT2D eigenvalue weighted by Crippen LogP contribution is 2.32. The van der Waals surface area contributed by atoms with Crippen molar-refractivity contribution in [2.45, 2.75) is 32.7 Å². The molecule has 0 fully saturated rings. The number of fused-ring (bicyclic) bond motifs is 2. The quantitative estimate of drug-likeness (QED) is 0.593. The van der Waals surface area contributed by atoms with Crippen molar-refractivity contribution in [2.75, 3.05) is 13.7 Å². The number of ether oxygens (including phenoxy) is 1. The van der Waals surface area contributed by atoms with E-state index in [0.29, 0.717) is 18.0 Å². The van der Waals surface area contributed by atoms with Crippen LogP contribution < -0.4 is 0 Å². The van der Waals surface area contributed by atoms with Crippen LogP contribution in [0.15, 0.2) is 41.8 Å². The second kappa shape index (κ2) is 8.33. The summed E-state index contributed by atoms with van der Waals surface area (Å²) in [6.45, 7) is 2.44. The van der Waals surface area contributed by atoms with E-state index in [1.54, 1.807) is 23.3 Å². The third kappa shape index (κ3) is 4.17. The van der Waals surface area contributed by atoms with Crippen molar-refractivity contribution in [3.63, 3.8) is 0 Å². The van der Waals surface area contributed by atoms with Gasteiger partial charge in [0.2, 0.25) is 0 Å². The molecule has 2 aromatic heterocycles. The van der Waals surface area contributed by atoms with E-state index >= 15 is 0 Å². The number of aromatic nitrogens is 1. The minimum Gasteiger partial charge on any atom is -0.452 e. The Labute approximate surface area is 174 Å². The molecule has 0 bridgehead atoms. The normalized spacial score (nSPS) is 15.7. The number of aryl methyl sites for hydroxylation is 1. The van der Waals surface area contributed by atoms with Crippen LogP contribution in [0.1, 0.15) is 39.8 Å². The van der Waals surface area contributed by atoms with Crippen molar-refractivity contribution in [2.24, 2.45) is 5.92 Å². The minimum atomic E-state index is -0.438. The number of amides is 1. The van der Waals surface area contributed by atoms with Crippen LogP contribution >= 0.6 is 11.3 Å². The summed E-state index contributed by atoms with van der Waals surface area (Å²) in [7, 11) is 1.72. The summed E-state index contributed by atoms with van der Waals surface area (Å²) in [5.41, 5.74) is 3.33. The SMILES string of the molecule is C[C@H]1CCc2nc3ccccc3c(C(=O)OCC(=O)N(C)Cc3cccs3)c2C1. The number of pyridine rings is 1. The molecule has 0 spiro atoms. The zero-order valence-electron chi connectivity index (χ0n) is 16.7. The van der Waals surface area contributed by atoms with Crippen molar-refractivity contribution in [3.05, 3.63) is 63.5 Å². The topological polar surface area (TPSA) is 59.5 Å². The van der Waals surface area contributed by atoms with Crippen LogP contribution in [-0.2, 0) is 28.9 Å². The maximum Gasteiger partial charge on any atom is 0.339 e. The predicted octanol–water partition coefficient (Wildman–Crippen LogP) is 4.24. The molecule has 5 nitrogen and oxygen atoms in total. The summed E-state index contributed by atoms with van der Waals surface area (Å²) < 4.78 is 5.49. The highest BCUT2D eigenvalue weighted by atomic mass is 32.1. The fraction of sp³-hybridized carbons (Fsp3) is 0.348.